The molecule has 6 heteroatoms. The summed E-state index contributed by atoms with van der Waals surface area (Å²) in [5.74, 6) is 0.804. The zero-order chi connectivity index (χ0) is 14.7. The second kappa shape index (κ2) is 6.39. The Balaban J connectivity index is 1.82. The van der Waals surface area contributed by atoms with Crippen LogP contribution in [-0.4, -0.2) is 29.0 Å². The van der Waals surface area contributed by atoms with Crippen molar-refractivity contribution in [3.8, 4) is 0 Å². The van der Waals surface area contributed by atoms with E-state index in [1.807, 2.05) is 6.92 Å². The van der Waals surface area contributed by atoms with Crippen LogP contribution in [0.4, 0.5) is 5.82 Å². The first kappa shape index (κ1) is 14.3. The van der Waals surface area contributed by atoms with Crippen LogP contribution in [0.15, 0.2) is 6.33 Å². The van der Waals surface area contributed by atoms with Gasteiger partial charge < -0.3 is 10.6 Å². The molecule has 0 unspecified atom stereocenters. The smallest absolute Gasteiger partial charge is 0.239 e. The molecule has 1 amide bonds. The molecule has 5 nitrogen and oxygen atoms in total. The number of aryl methyl sites for hydroxylation is 2. The van der Waals surface area contributed by atoms with Crippen LogP contribution in [0.25, 0.3) is 10.2 Å². The molecule has 0 bridgehead atoms. The fourth-order valence-corrected chi connectivity index (χ4v) is 3.94. The predicted octanol–water partition coefficient (Wildman–Crippen LogP) is 2.51. The summed E-state index contributed by atoms with van der Waals surface area (Å²) in [5, 5.41) is 7.17. The molecule has 0 atom stereocenters. The van der Waals surface area contributed by atoms with Gasteiger partial charge in [0.25, 0.3) is 0 Å². The number of carbonyl (C=O) groups is 1. The van der Waals surface area contributed by atoms with E-state index in [0.717, 1.165) is 35.3 Å². The van der Waals surface area contributed by atoms with Crippen molar-refractivity contribution in [2.24, 2.45) is 0 Å². The monoisotopic (exact) mass is 304 g/mol. The van der Waals surface area contributed by atoms with Crippen LogP contribution in [0.3, 0.4) is 0 Å². The summed E-state index contributed by atoms with van der Waals surface area (Å²) in [6.45, 7) is 3.02. The van der Waals surface area contributed by atoms with E-state index in [0.29, 0.717) is 6.54 Å². The minimum absolute atomic E-state index is 0.00714. The molecular formula is C15H20N4OS. The van der Waals surface area contributed by atoms with Crippen molar-refractivity contribution < 1.29 is 4.79 Å². The minimum Gasteiger partial charge on any atom is -0.360 e. The molecule has 21 heavy (non-hydrogen) atoms. The Morgan fingerprint density at radius 3 is 3.05 bits per heavy atom. The van der Waals surface area contributed by atoms with Gasteiger partial charge in [0.05, 0.1) is 11.9 Å². The van der Waals surface area contributed by atoms with Crippen LogP contribution < -0.4 is 10.6 Å². The number of anilines is 1. The first-order valence-corrected chi connectivity index (χ1v) is 8.37. The van der Waals surface area contributed by atoms with Gasteiger partial charge in [-0.3, -0.25) is 4.79 Å². The van der Waals surface area contributed by atoms with Crippen LogP contribution in [-0.2, 0) is 17.6 Å². The van der Waals surface area contributed by atoms with Crippen molar-refractivity contribution in [1.29, 1.82) is 0 Å². The van der Waals surface area contributed by atoms with Crippen molar-refractivity contribution in [3.63, 3.8) is 0 Å². The lowest BCUT2D eigenvalue weighted by Gasteiger charge is -2.12. The summed E-state index contributed by atoms with van der Waals surface area (Å²) in [4.78, 5) is 22.9. The number of rotatable bonds is 5. The van der Waals surface area contributed by atoms with Gasteiger partial charge >= 0.3 is 0 Å². The Morgan fingerprint density at radius 1 is 1.33 bits per heavy atom. The fraction of sp³-hybridized carbons (Fsp3) is 0.533. The van der Waals surface area contributed by atoms with E-state index >= 15 is 0 Å². The highest BCUT2D eigenvalue weighted by Crippen LogP contribution is 2.37. The van der Waals surface area contributed by atoms with Crippen LogP contribution >= 0.6 is 11.3 Å². The summed E-state index contributed by atoms with van der Waals surface area (Å²) in [6, 6.07) is 0. The maximum Gasteiger partial charge on any atom is 0.239 e. The number of nitrogens with zero attached hydrogens (tertiary/aromatic N) is 2. The van der Waals surface area contributed by atoms with E-state index in [1.54, 1.807) is 17.7 Å². The van der Waals surface area contributed by atoms with Gasteiger partial charge in [-0.25, -0.2) is 9.97 Å². The average Bonchev–Trinajstić information content (AvgIpc) is 2.90. The minimum atomic E-state index is 0.00714. The van der Waals surface area contributed by atoms with Crippen molar-refractivity contribution >= 4 is 33.3 Å². The Labute approximate surface area is 128 Å². The van der Waals surface area contributed by atoms with E-state index in [4.69, 9.17) is 0 Å². The maximum absolute atomic E-state index is 11.7. The number of hydrogen-bond donors (Lipinski definition) is 2. The number of carbonyl (C=O) groups excluding carboxylic acids is 1. The zero-order valence-corrected chi connectivity index (χ0v) is 13.1. The Kier molecular flexibility index (Phi) is 4.34. The third-order valence-corrected chi connectivity index (χ3v) is 4.94. The van der Waals surface area contributed by atoms with Crippen molar-refractivity contribution in [2.75, 3.05) is 18.4 Å². The first-order valence-electron chi connectivity index (χ1n) is 7.55. The van der Waals surface area contributed by atoms with Gasteiger partial charge in [-0.2, -0.15) is 0 Å². The number of amides is 1. The molecule has 1 aliphatic rings. The lowest BCUT2D eigenvalue weighted by molar-refractivity contribution is -0.119. The van der Waals surface area contributed by atoms with Crippen LogP contribution in [0.5, 0.6) is 0 Å². The van der Waals surface area contributed by atoms with E-state index in [2.05, 4.69) is 20.6 Å². The molecule has 2 heterocycles. The van der Waals surface area contributed by atoms with Gasteiger partial charge in [0, 0.05) is 11.4 Å². The normalized spacial score (nSPS) is 14.0. The van der Waals surface area contributed by atoms with E-state index in [1.165, 1.54) is 23.3 Å². The molecule has 2 N–H and O–H groups in total. The van der Waals surface area contributed by atoms with Crippen molar-refractivity contribution in [3.05, 3.63) is 16.8 Å². The number of hydrogen-bond acceptors (Lipinski definition) is 5. The van der Waals surface area contributed by atoms with Gasteiger partial charge in [0.15, 0.2) is 0 Å². The average molecular weight is 304 g/mol. The second-order valence-electron chi connectivity index (χ2n) is 5.32. The fourth-order valence-electron chi connectivity index (χ4n) is 2.72. The molecule has 0 fully saturated rings. The van der Waals surface area contributed by atoms with Gasteiger partial charge in [-0.1, -0.05) is 6.92 Å². The maximum atomic E-state index is 11.7. The SMILES string of the molecule is CCCNC(=O)CNc1ncnc2sc3c(c12)CCCC3. The highest BCUT2D eigenvalue weighted by Gasteiger charge is 2.19. The Hall–Kier alpha value is -1.69. The number of nitrogens with one attached hydrogen (secondary N) is 2. The molecule has 0 saturated carbocycles. The zero-order valence-electron chi connectivity index (χ0n) is 12.2. The molecule has 0 radical (unpaired) electrons. The molecule has 0 spiro atoms. The van der Waals surface area contributed by atoms with Crippen LogP contribution in [0, 0.1) is 0 Å². The summed E-state index contributed by atoms with van der Waals surface area (Å²) < 4.78 is 0. The molecule has 0 aliphatic heterocycles. The first-order chi connectivity index (χ1) is 10.3. The summed E-state index contributed by atoms with van der Waals surface area (Å²) in [5.41, 5.74) is 1.39. The Morgan fingerprint density at radius 2 is 2.19 bits per heavy atom. The molecule has 1 aliphatic carbocycles. The number of aromatic nitrogens is 2. The number of fused-ring (bicyclic) bond motifs is 3. The summed E-state index contributed by atoms with van der Waals surface area (Å²) in [6.07, 6.45) is 7.25. The van der Waals surface area contributed by atoms with Gasteiger partial charge in [-0.05, 0) is 37.7 Å². The van der Waals surface area contributed by atoms with Crippen molar-refractivity contribution in [1.82, 2.24) is 15.3 Å². The molecule has 112 valence electrons. The third-order valence-electron chi connectivity index (χ3n) is 3.74. The topological polar surface area (TPSA) is 66.9 Å². The highest BCUT2D eigenvalue weighted by atomic mass is 32.1. The quantitative estimate of drug-likeness (QED) is 0.890. The highest BCUT2D eigenvalue weighted by molar-refractivity contribution is 7.19. The molecule has 3 rings (SSSR count). The van der Waals surface area contributed by atoms with Crippen LogP contribution in [0.2, 0.25) is 0 Å². The standard InChI is InChI=1S/C15H20N4OS/c1-2-7-16-12(20)8-17-14-13-10-5-3-4-6-11(10)21-15(13)19-9-18-14/h9H,2-8H2,1H3,(H,16,20)(H,17,18,19). The van der Waals surface area contributed by atoms with Gasteiger partial charge in [-0.15, -0.1) is 11.3 Å². The van der Waals surface area contributed by atoms with E-state index < -0.39 is 0 Å². The number of thiophene rings is 1. The Bertz CT molecular complexity index is 652. The largest absolute Gasteiger partial charge is 0.360 e. The lowest BCUT2D eigenvalue weighted by atomic mass is 9.97. The molecule has 2 aromatic heterocycles. The van der Waals surface area contributed by atoms with E-state index in [-0.39, 0.29) is 12.5 Å². The molecule has 0 saturated heterocycles. The van der Waals surface area contributed by atoms with Gasteiger partial charge in [0.2, 0.25) is 5.91 Å². The lowest BCUT2D eigenvalue weighted by Crippen LogP contribution is -2.30. The third kappa shape index (κ3) is 3.00. The summed E-state index contributed by atoms with van der Waals surface area (Å²) >= 11 is 1.77. The predicted molar refractivity (Wildman–Crippen MR) is 85.8 cm³/mol. The van der Waals surface area contributed by atoms with Crippen LogP contribution in [0.1, 0.15) is 36.6 Å². The van der Waals surface area contributed by atoms with Crippen molar-refractivity contribution in [2.45, 2.75) is 39.0 Å². The second-order valence-corrected chi connectivity index (χ2v) is 6.40. The van der Waals surface area contributed by atoms with E-state index in [9.17, 15) is 4.79 Å². The molecule has 0 aromatic carbocycles. The summed E-state index contributed by atoms with van der Waals surface area (Å²) in [7, 11) is 0. The molecular weight excluding hydrogens is 284 g/mol. The molecule has 2 aromatic rings. The van der Waals surface area contributed by atoms with Gasteiger partial charge in [0.1, 0.15) is 17.0 Å².